The van der Waals surface area contributed by atoms with Crippen molar-refractivity contribution in [3.8, 4) is 0 Å². The molecular formula is C20H30N2O2S. The summed E-state index contributed by atoms with van der Waals surface area (Å²) >= 11 is 1.85. The number of amides is 1. The second-order valence-electron chi connectivity index (χ2n) is 8.29. The molecule has 0 radical (unpaired) electrons. The lowest BCUT2D eigenvalue weighted by Gasteiger charge is -2.42. The van der Waals surface area contributed by atoms with Crippen LogP contribution in [0, 0.1) is 17.3 Å². The predicted octanol–water partition coefficient (Wildman–Crippen LogP) is 3.24. The zero-order valence-electron chi connectivity index (χ0n) is 15.3. The second kappa shape index (κ2) is 7.37. The van der Waals surface area contributed by atoms with Crippen LogP contribution in [0.4, 0.5) is 0 Å². The molecule has 0 aromatic carbocycles. The van der Waals surface area contributed by atoms with Crippen molar-refractivity contribution in [3.63, 3.8) is 0 Å². The fourth-order valence-corrected chi connectivity index (χ4v) is 5.53. The third-order valence-electron chi connectivity index (χ3n) is 6.48. The lowest BCUT2D eigenvalue weighted by molar-refractivity contribution is -0.134. The Kier molecular flexibility index (Phi) is 5.16. The third-order valence-corrected chi connectivity index (χ3v) is 7.34. The van der Waals surface area contributed by atoms with Crippen LogP contribution in [0.2, 0.25) is 0 Å². The summed E-state index contributed by atoms with van der Waals surface area (Å²) in [5, 5.41) is 2.16. The van der Waals surface area contributed by atoms with Gasteiger partial charge >= 0.3 is 0 Å². The van der Waals surface area contributed by atoms with Crippen LogP contribution >= 0.6 is 11.3 Å². The van der Waals surface area contributed by atoms with Crippen molar-refractivity contribution in [2.45, 2.75) is 38.6 Å². The number of nitrogens with zero attached hydrogens (tertiary/aromatic N) is 2. The Hall–Kier alpha value is -0.910. The van der Waals surface area contributed by atoms with Crippen molar-refractivity contribution < 1.29 is 9.53 Å². The Bertz CT molecular complexity index is 577. The van der Waals surface area contributed by atoms with E-state index in [4.69, 9.17) is 4.74 Å². The average Bonchev–Trinajstić information content (AvgIpc) is 3.16. The fourth-order valence-electron chi connectivity index (χ4n) is 4.78. The molecule has 0 bridgehead atoms. The van der Waals surface area contributed by atoms with E-state index in [1.54, 1.807) is 0 Å². The molecule has 1 aromatic rings. The molecule has 1 aromatic heterocycles. The van der Waals surface area contributed by atoms with E-state index < -0.39 is 0 Å². The normalized spacial score (nSPS) is 26.4. The summed E-state index contributed by atoms with van der Waals surface area (Å²) in [6, 6.07) is 4.38. The molecule has 3 heterocycles. The molecule has 138 valence electrons. The van der Waals surface area contributed by atoms with Crippen molar-refractivity contribution in [3.05, 3.63) is 22.4 Å². The molecule has 3 aliphatic rings. The summed E-state index contributed by atoms with van der Waals surface area (Å²) in [5.74, 6) is 1.68. The Morgan fingerprint density at radius 1 is 1.36 bits per heavy atom. The number of hydrogen-bond acceptors (Lipinski definition) is 4. The van der Waals surface area contributed by atoms with Gasteiger partial charge in [-0.1, -0.05) is 6.07 Å². The molecule has 1 atom stereocenters. The van der Waals surface area contributed by atoms with Crippen molar-refractivity contribution in [1.29, 1.82) is 0 Å². The molecule has 1 spiro atoms. The summed E-state index contributed by atoms with van der Waals surface area (Å²) in [6.45, 7) is 6.07. The van der Waals surface area contributed by atoms with Crippen molar-refractivity contribution in [1.82, 2.24) is 9.80 Å². The van der Waals surface area contributed by atoms with Gasteiger partial charge in [0, 0.05) is 57.0 Å². The first-order valence-corrected chi connectivity index (χ1v) is 10.6. The van der Waals surface area contributed by atoms with E-state index in [0.717, 1.165) is 58.6 Å². The molecule has 5 heteroatoms. The van der Waals surface area contributed by atoms with E-state index in [1.807, 2.05) is 18.4 Å². The van der Waals surface area contributed by atoms with Crippen LogP contribution in [-0.4, -0.2) is 55.6 Å². The van der Waals surface area contributed by atoms with Crippen molar-refractivity contribution in [2.75, 3.05) is 39.9 Å². The summed E-state index contributed by atoms with van der Waals surface area (Å²) in [4.78, 5) is 18.6. The number of thiophene rings is 1. The number of methoxy groups -OCH3 is 1. The number of carbonyl (C=O) groups excluding carboxylic acids is 1. The maximum absolute atomic E-state index is 12.4. The molecular weight excluding hydrogens is 332 g/mol. The summed E-state index contributed by atoms with van der Waals surface area (Å²) in [6.07, 6.45) is 5.59. The summed E-state index contributed by atoms with van der Waals surface area (Å²) in [5.41, 5.74) is 0.337. The van der Waals surface area contributed by atoms with E-state index in [1.165, 1.54) is 17.7 Å². The topological polar surface area (TPSA) is 32.8 Å². The van der Waals surface area contributed by atoms with Gasteiger partial charge in [0.1, 0.15) is 0 Å². The van der Waals surface area contributed by atoms with E-state index in [0.29, 0.717) is 23.2 Å². The maximum atomic E-state index is 12.4. The largest absolute Gasteiger partial charge is 0.384 e. The van der Waals surface area contributed by atoms with Gasteiger partial charge in [0.05, 0.1) is 6.61 Å². The van der Waals surface area contributed by atoms with Crippen LogP contribution in [0.5, 0.6) is 0 Å². The second-order valence-corrected chi connectivity index (χ2v) is 9.32. The van der Waals surface area contributed by atoms with Gasteiger partial charge in [0.2, 0.25) is 5.91 Å². The van der Waals surface area contributed by atoms with Gasteiger partial charge in [0.15, 0.2) is 0 Å². The average molecular weight is 363 g/mol. The lowest BCUT2D eigenvalue weighted by atomic mass is 9.71. The number of rotatable bonds is 6. The van der Waals surface area contributed by atoms with E-state index in [2.05, 4.69) is 27.3 Å². The highest BCUT2D eigenvalue weighted by molar-refractivity contribution is 7.09. The first-order valence-electron chi connectivity index (χ1n) is 9.70. The summed E-state index contributed by atoms with van der Waals surface area (Å²) < 4.78 is 5.57. The monoisotopic (exact) mass is 362 g/mol. The SMILES string of the molecule is COC[C@@H]1CN(Cc2cccs2)CC12CCN(C(=O)CC1CC1)CC2. The molecule has 2 aliphatic heterocycles. The molecule has 1 aliphatic carbocycles. The minimum atomic E-state index is 0.337. The van der Waals surface area contributed by atoms with Gasteiger partial charge in [-0.15, -0.1) is 11.3 Å². The number of carbonyl (C=O) groups is 1. The van der Waals surface area contributed by atoms with E-state index in [9.17, 15) is 4.79 Å². The Labute approximate surface area is 155 Å². The summed E-state index contributed by atoms with van der Waals surface area (Å²) in [7, 11) is 1.82. The third kappa shape index (κ3) is 3.93. The molecule has 1 saturated carbocycles. The molecule has 0 N–H and O–H groups in total. The maximum Gasteiger partial charge on any atom is 0.222 e. The number of likely N-dealkylation sites (tertiary alicyclic amines) is 2. The van der Waals surface area contributed by atoms with Gasteiger partial charge < -0.3 is 9.64 Å². The first kappa shape index (κ1) is 17.5. The number of piperidine rings is 1. The minimum absolute atomic E-state index is 0.337. The van der Waals surface area contributed by atoms with Crippen LogP contribution in [-0.2, 0) is 16.1 Å². The molecule has 1 amide bonds. The van der Waals surface area contributed by atoms with E-state index in [-0.39, 0.29) is 0 Å². The zero-order valence-corrected chi connectivity index (χ0v) is 16.1. The minimum Gasteiger partial charge on any atom is -0.384 e. The molecule has 2 saturated heterocycles. The van der Waals surface area contributed by atoms with Gasteiger partial charge in [-0.05, 0) is 48.5 Å². The Morgan fingerprint density at radius 2 is 2.16 bits per heavy atom. The van der Waals surface area contributed by atoms with E-state index >= 15 is 0 Å². The number of ether oxygens (including phenoxy) is 1. The smallest absolute Gasteiger partial charge is 0.222 e. The highest BCUT2D eigenvalue weighted by Gasteiger charge is 2.48. The molecule has 25 heavy (non-hydrogen) atoms. The number of hydrogen-bond donors (Lipinski definition) is 0. The van der Waals surface area contributed by atoms with Crippen LogP contribution in [0.3, 0.4) is 0 Å². The van der Waals surface area contributed by atoms with Crippen LogP contribution < -0.4 is 0 Å². The van der Waals surface area contributed by atoms with Gasteiger partial charge in [-0.2, -0.15) is 0 Å². The Morgan fingerprint density at radius 3 is 2.80 bits per heavy atom. The Balaban J connectivity index is 1.37. The van der Waals surface area contributed by atoms with Gasteiger partial charge in [-0.3, -0.25) is 9.69 Å². The fraction of sp³-hybridized carbons (Fsp3) is 0.750. The quantitative estimate of drug-likeness (QED) is 0.779. The first-order chi connectivity index (χ1) is 12.2. The van der Waals surface area contributed by atoms with Crippen LogP contribution in [0.25, 0.3) is 0 Å². The van der Waals surface area contributed by atoms with Crippen LogP contribution in [0.1, 0.15) is 37.0 Å². The highest BCUT2D eigenvalue weighted by Crippen LogP contribution is 2.45. The predicted molar refractivity (Wildman–Crippen MR) is 101 cm³/mol. The van der Waals surface area contributed by atoms with Crippen molar-refractivity contribution in [2.24, 2.45) is 17.3 Å². The zero-order chi connectivity index (χ0) is 17.3. The molecule has 4 nitrogen and oxygen atoms in total. The molecule has 3 fully saturated rings. The standard InChI is InChI=1S/C20H30N2O2S/c1-24-14-17-12-21(13-18-3-2-10-25-18)15-20(17)6-8-22(9-7-20)19(23)11-16-4-5-16/h2-3,10,16-17H,4-9,11-15H2,1H3/t17-/m0/s1. The van der Waals surface area contributed by atoms with Gasteiger partial charge in [-0.25, -0.2) is 0 Å². The lowest BCUT2D eigenvalue weighted by Crippen LogP contribution is -2.47. The van der Waals surface area contributed by atoms with Crippen molar-refractivity contribution >= 4 is 17.2 Å². The molecule has 4 rings (SSSR count). The molecule has 0 unspecified atom stereocenters. The highest BCUT2D eigenvalue weighted by atomic mass is 32.1. The van der Waals surface area contributed by atoms with Crippen LogP contribution in [0.15, 0.2) is 17.5 Å². The van der Waals surface area contributed by atoms with Gasteiger partial charge in [0.25, 0.3) is 0 Å².